The molecule has 0 aliphatic rings. The number of aromatic nitrogens is 4. The first-order valence-corrected chi connectivity index (χ1v) is 22.8. The summed E-state index contributed by atoms with van der Waals surface area (Å²) in [5, 5.41) is 2.22. The Bertz CT molecular complexity index is 3210. The van der Waals surface area contributed by atoms with Gasteiger partial charge >= 0.3 is 0 Å². The molecule has 0 saturated carbocycles. The smallest absolute Gasteiger partial charge is 0.267 e. The van der Waals surface area contributed by atoms with E-state index in [4.69, 9.17) is 9.72 Å². The van der Waals surface area contributed by atoms with Crippen LogP contribution in [0.25, 0.3) is 39.0 Å². The fourth-order valence-electron chi connectivity index (χ4n) is 9.02. The number of nitrogens with zero attached hydrogens (tertiary/aromatic N) is 4. The van der Waals surface area contributed by atoms with Crippen LogP contribution in [-0.4, -0.2) is 14.1 Å². The average Bonchev–Trinajstić information content (AvgIpc) is 3.78. The van der Waals surface area contributed by atoms with Crippen molar-refractivity contribution in [1.82, 2.24) is 14.1 Å². The topological polar surface area (TPSA) is 35.9 Å². The number of imidazole rings is 1. The Balaban J connectivity index is 0.00000592. The van der Waals surface area contributed by atoms with Crippen LogP contribution < -0.4 is 9.30 Å². The Hall–Kier alpha value is -6.03. The molecule has 6 aromatic carbocycles. The van der Waals surface area contributed by atoms with Crippen LogP contribution in [0.15, 0.2) is 146 Å². The van der Waals surface area contributed by atoms with Crippen LogP contribution in [0.5, 0.6) is 11.5 Å². The number of rotatable bonds is 9. The van der Waals surface area contributed by atoms with E-state index in [0.29, 0.717) is 11.5 Å². The summed E-state index contributed by atoms with van der Waals surface area (Å²) in [4.78, 5) is 4.98. The zero-order chi connectivity index (χ0) is 46.1. The molecule has 0 bridgehead atoms. The van der Waals surface area contributed by atoms with Crippen LogP contribution in [-0.2, 0) is 42.7 Å². The van der Waals surface area contributed by atoms with Gasteiger partial charge in [0.15, 0.2) is 0 Å². The second kappa shape index (κ2) is 17.3. The van der Waals surface area contributed by atoms with Crippen molar-refractivity contribution in [1.29, 1.82) is 0 Å². The fourth-order valence-corrected chi connectivity index (χ4v) is 9.02. The molecule has 0 aliphatic carbocycles. The van der Waals surface area contributed by atoms with Crippen LogP contribution in [0.4, 0.5) is 0 Å². The number of hydrogen-bond acceptors (Lipinski definition) is 2. The minimum atomic E-state index is -0.356. The van der Waals surface area contributed by atoms with E-state index in [-0.39, 0.29) is 42.7 Å². The minimum absolute atomic E-state index is 0. The van der Waals surface area contributed by atoms with Gasteiger partial charge in [0.25, 0.3) is 6.33 Å². The second-order valence-corrected chi connectivity index (χ2v) is 20.7. The van der Waals surface area contributed by atoms with E-state index in [0.717, 1.165) is 55.9 Å². The zero-order valence-corrected chi connectivity index (χ0v) is 42.6. The first-order valence-electron chi connectivity index (χ1n) is 22.8. The number of hydrogen-bond donors (Lipinski definition) is 0. The van der Waals surface area contributed by atoms with Gasteiger partial charge in [-0.25, -0.2) is 4.98 Å². The molecule has 5 nitrogen and oxygen atoms in total. The monoisotopic (exact) mass is 1050 g/mol. The quantitative estimate of drug-likeness (QED) is 0.107. The maximum absolute atomic E-state index is 6.96. The molecule has 0 fully saturated rings. The number of pyridine rings is 1. The number of fused-ring (bicyclic) bond motifs is 3. The summed E-state index contributed by atoms with van der Waals surface area (Å²) >= 11 is 0. The molecule has 338 valence electrons. The molecule has 0 aliphatic heterocycles. The SMILES string of the molecule is Cc1c(C)[n+](-c2cccc(C(C)(C)C)c2)[c-]n1-c1[c-]c(Oc2[c-]c3c(cc2)c2cc(C(C)(C)c4ccccc4)ccc2n3-c2cc(C(C)(C)C)ccn2)cc(C(C)(C)c2ccccc2)c1.[Pt]. The molecule has 0 radical (unpaired) electrons. The molecule has 0 N–H and O–H groups in total. The van der Waals surface area contributed by atoms with Crippen molar-refractivity contribution in [3.05, 3.63) is 209 Å². The van der Waals surface area contributed by atoms with Gasteiger partial charge in [-0.15, -0.1) is 35.2 Å². The summed E-state index contributed by atoms with van der Waals surface area (Å²) in [7, 11) is 0. The van der Waals surface area contributed by atoms with Crippen molar-refractivity contribution in [2.75, 3.05) is 0 Å². The third kappa shape index (κ3) is 8.59. The minimum Gasteiger partial charge on any atom is -0.510 e. The van der Waals surface area contributed by atoms with Gasteiger partial charge in [-0.3, -0.25) is 4.57 Å². The van der Waals surface area contributed by atoms with Crippen LogP contribution >= 0.6 is 0 Å². The van der Waals surface area contributed by atoms with Crippen LogP contribution in [0.2, 0.25) is 0 Å². The van der Waals surface area contributed by atoms with E-state index in [9.17, 15) is 0 Å². The maximum Gasteiger partial charge on any atom is 0.267 e. The van der Waals surface area contributed by atoms with Gasteiger partial charge in [0, 0.05) is 55.4 Å². The molecule has 0 atom stereocenters. The molecule has 0 amide bonds. The normalized spacial score (nSPS) is 12.4. The standard InChI is InChI=1S/C60H60N4O.Pt/c1-40-41(2)63(39-62(40)48-25-19-24-44(32-48)57(3,4)5)49-33-47(60(11,12)43-22-17-14-18-23-43)34-51(37-49)65-50-27-28-52-53-35-46(59(9,10)42-20-15-13-16-21-42)26-29-54(53)64(55(52)38-50)56-36-45(30-31-61-56)58(6,7)8;/h13-36H,1-12H3;/q-2;. The number of ether oxygens (including phenoxy) is 1. The summed E-state index contributed by atoms with van der Waals surface area (Å²) in [5.74, 6) is 2.03. The van der Waals surface area contributed by atoms with Crippen molar-refractivity contribution in [2.24, 2.45) is 0 Å². The van der Waals surface area contributed by atoms with Crippen molar-refractivity contribution < 1.29 is 30.4 Å². The van der Waals surface area contributed by atoms with Crippen molar-refractivity contribution >= 4 is 21.8 Å². The second-order valence-electron chi connectivity index (χ2n) is 20.7. The molecular formula is C60H60N4OPt-2. The Labute approximate surface area is 406 Å². The predicted octanol–water partition coefficient (Wildman–Crippen LogP) is 14.3. The predicted molar refractivity (Wildman–Crippen MR) is 266 cm³/mol. The third-order valence-electron chi connectivity index (χ3n) is 13.6. The first kappa shape index (κ1) is 46.5. The molecule has 66 heavy (non-hydrogen) atoms. The van der Waals surface area contributed by atoms with Gasteiger partial charge in [-0.1, -0.05) is 160 Å². The maximum atomic E-state index is 6.96. The molecule has 0 saturated heterocycles. The van der Waals surface area contributed by atoms with E-state index in [1.807, 2.05) is 12.3 Å². The Morgan fingerprint density at radius 3 is 1.80 bits per heavy atom. The van der Waals surface area contributed by atoms with Crippen LogP contribution in [0.1, 0.15) is 114 Å². The third-order valence-corrected chi connectivity index (χ3v) is 13.6. The van der Waals surface area contributed by atoms with Gasteiger partial charge in [0.2, 0.25) is 0 Å². The largest absolute Gasteiger partial charge is 0.510 e. The first-order chi connectivity index (χ1) is 30.8. The van der Waals surface area contributed by atoms with E-state index in [1.165, 1.54) is 27.8 Å². The van der Waals surface area contributed by atoms with Gasteiger partial charge in [-0.2, -0.15) is 12.1 Å². The Kier molecular flexibility index (Phi) is 12.2. The molecule has 3 heterocycles. The van der Waals surface area contributed by atoms with Crippen molar-refractivity contribution in [3.8, 4) is 28.7 Å². The molecule has 0 spiro atoms. The van der Waals surface area contributed by atoms with Crippen molar-refractivity contribution in [2.45, 2.75) is 105 Å². The van der Waals surface area contributed by atoms with E-state index in [2.05, 4.69) is 249 Å². The molecule has 9 rings (SSSR count). The van der Waals surface area contributed by atoms with Crippen LogP contribution in [0, 0.1) is 32.3 Å². The summed E-state index contributed by atoms with van der Waals surface area (Å²) in [6.07, 6.45) is 5.62. The van der Waals surface area contributed by atoms with Gasteiger partial charge in [-0.05, 0) is 99.3 Å². The van der Waals surface area contributed by atoms with E-state index >= 15 is 0 Å². The van der Waals surface area contributed by atoms with Gasteiger partial charge < -0.3 is 13.9 Å². The summed E-state index contributed by atoms with van der Waals surface area (Å²) < 4.78 is 13.5. The fraction of sp³-hybridized carbons (Fsp3) is 0.267. The molecule has 3 aromatic heterocycles. The summed E-state index contributed by atoms with van der Waals surface area (Å²) in [6.45, 7) is 26.9. The molecule has 0 unspecified atom stereocenters. The van der Waals surface area contributed by atoms with Crippen molar-refractivity contribution in [3.63, 3.8) is 0 Å². The summed E-state index contributed by atoms with van der Waals surface area (Å²) in [5.41, 5.74) is 12.7. The molecular weight excluding hydrogens is 988 g/mol. The van der Waals surface area contributed by atoms with E-state index < -0.39 is 0 Å². The van der Waals surface area contributed by atoms with E-state index in [1.54, 1.807) is 0 Å². The Morgan fingerprint density at radius 2 is 1.15 bits per heavy atom. The number of benzene rings is 6. The average molecular weight is 1050 g/mol. The molecule has 9 aromatic rings. The van der Waals surface area contributed by atoms with Gasteiger partial charge in [0.1, 0.15) is 5.82 Å². The Morgan fingerprint density at radius 1 is 0.530 bits per heavy atom. The van der Waals surface area contributed by atoms with Crippen LogP contribution in [0.3, 0.4) is 0 Å². The summed E-state index contributed by atoms with van der Waals surface area (Å²) in [6, 6.07) is 57.4. The molecule has 6 heteroatoms. The van der Waals surface area contributed by atoms with Gasteiger partial charge in [0.05, 0.1) is 11.4 Å². The zero-order valence-electron chi connectivity index (χ0n) is 40.4.